The lowest BCUT2D eigenvalue weighted by molar-refractivity contribution is 0.593. The van der Waals surface area contributed by atoms with Crippen LogP contribution in [0.25, 0.3) is 22.6 Å². The fourth-order valence-electron chi connectivity index (χ4n) is 2.37. The highest BCUT2D eigenvalue weighted by Gasteiger charge is 2.20. The molecule has 0 N–H and O–H groups in total. The Morgan fingerprint density at radius 3 is 2.05 bits per heavy atom. The van der Waals surface area contributed by atoms with E-state index in [0.717, 1.165) is 43.3 Å². The summed E-state index contributed by atoms with van der Waals surface area (Å²) in [5.41, 5.74) is 3.36. The maximum absolute atomic E-state index is 6.23. The van der Waals surface area contributed by atoms with Gasteiger partial charge in [-0.15, -0.1) is 0 Å². The summed E-state index contributed by atoms with van der Waals surface area (Å²) in [7, 11) is 0. The van der Waals surface area contributed by atoms with Crippen LogP contribution in [0, 0.1) is 0 Å². The molecule has 0 aliphatic rings. The smallest absolute Gasteiger partial charge is 0.149 e. The Morgan fingerprint density at radius 2 is 1.41 bits per heavy atom. The highest BCUT2D eigenvalue weighted by Crippen LogP contribution is 2.41. The first-order valence-corrected chi connectivity index (χ1v) is 9.60. The molecule has 0 fully saturated rings. The van der Waals surface area contributed by atoms with Crippen molar-refractivity contribution < 1.29 is 4.42 Å². The quantitative estimate of drug-likeness (QED) is 0.361. The second-order valence-electron chi connectivity index (χ2n) is 4.86. The van der Waals surface area contributed by atoms with Crippen molar-refractivity contribution in [3.63, 3.8) is 0 Å². The minimum absolute atomic E-state index is 0.884. The molecule has 0 spiro atoms. The molecule has 22 heavy (non-hydrogen) atoms. The van der Waals surface area contributed by atoms with Crippen molar-refractivity contribution in [2.24, 2.45) is 0 Å². The summed E-state index contributed by atoms with van der Waals surface area (Å²) in [6.07, 6.45) is 0.905. The molecule has 3 aromatic rings. The van der Waals surface area contributed by atoms with Gasteiger partial charge in [0, 0.05) is 26.5 Å². The minimum atomic E-state index is 0.884. The third-order valence-electron chi connectivity index (χ3n) is 3.43. The molecule has 1 aromatic heterocycles. The normalized spacial score (nSPS) is 10.9. The Bertz CT molecular complexity index is 761. The largest absolute Gasteiger partial charge is 0.455 e. The van der Waals surface area contributed by atoms with Crippen LogP contribution in [-0.4, -0.2) is 5.33 Å². The molecule has 3 rings (SSSR count). The fourth-order valence-corrected chi connectivity index (χ4v) is 3.72. The van der Waals surface area contributed by atoms with Crippen molar-refractivity contribution in [1.82, 2.24) is 0 Å². The fraction of sp³-hybridized carbons (Fsp3) is 0.111. The minimum Gasteiger partial charge on any atom is -0.455 e. The summed E-state index contributed by atoms with van der Waals surface area (Å²) in [5.74, 6) is 1.81. The van der Waals surface area contributed by atoms with E-state index in [0.29, 0.717) is 0 Å². The lowest BCUT2D eigenvalue weighted by Crippen LogP contribution is -1.88. The molecular formula is C18H13Br3O. The summed E-state index contributed by atoms with van der Waals surface area (Å²) < 4.78 is 8.33. The van der Waals surface area contributed by atoms with Gasteiger partial charge in [0.2, 0.25) is 0 Å². The molecule has 0 unspecified atom stereocenters. The van der Waals surface area contributed by atoms with Gasteiger partial charge in [0.05, 0.1) is 4.47 Å². The number of furan rings is 1. The molecule has 0 amide bonds. The van der Waals surface area contributed by atoms with Gasteiger partial charge in [-0.05, 0) is 34.5 Å². The van der Waals surface area contributed by atoms with Gasteiger partial charge < -0.3 is 4.42 Å². The third kappa shape index (κ3) is 3.24. The summed E-state index contributed by atoms with van der Waals surface area (Å²) in [4.78, 5) is 0. The van der Waals surface area contributed by atoms with Gasteiger partial charge in [-0.1, -0.05) is 74.3 Å². The molecule has 0 radical (unpaired) electrons. The second kappa shape index (κ2) is 7.16. The van der Waals surface area contributed by atoms with E-state index >= 15 is 0 Å². The Morgan fingerprint density at radius 1 is 0.773 bits per heavy atom. The van der Waals surface area contributed by atoms with Crippen LogP contribution in [0.15, 0.2) is 68.0 Å². The summed E-state index contributed by atoms with van der Waals surface area (Å²) in [6.45, 7) is 0. The molecule has 4 heteroatoms. The predicted octanol–water partition coefficient (Wildman–Crippen LogP) is 7.08. The van der Waals surface area contributed by atoms with E-state index in [1.165, 1.54) is 5.56 Å². The molecule has 0 aliphatic heterocycles. The average Bonchev–Trinajstić information content (AvgIpc) is 2.87. The molecule has 0 saturated carbocycles. The molecule has 2 aromatic carbocycles. The van der Waals surface area contributed by atoms with E-state index in [4.69, 9.17) is 4.42 Å². The molecule has 0 atom stereocenters. The molecule has 1 nitrogen and oxygen atoms in total. The first-order valence-electron chi connectivity index (χ1n) is 6.89. The van der Waals surface area contributed by atoms with Gasteiger partial charge in [-0.25, -0.2) is 0 Å². The van der Waals surface area contributed by atoms with Gasteiger partial charge in [0.25, 0.3) is 0 Å². The van der Waals surface area contributed by atoms with E-state index in [1.54, 1.807) is 0 Å². The van der Waals surface area contributed by atoms with Crippen molar-refractivity contribution in [1.29, 1.82) is 0 Å². The Labute approximate surface area is 155 Å². The van der Waals surface area contributed by atoms with Gasteiger partial charge in [-0.3, -0.25) is 0 Å². The SMILES string of the molecule is BrCCc1c(-c2ccc(Br)cc2)oc(-c2ccccc2)c1Br. The average molecular weight is 485 g/mol. The molecule has 1 heterocycles. The maximum Gasteiger partial charge on any atom is 0.149 e. The van der Waals surface area contributed by atoms with Crippen molar-refractivity contribution in [3.8, 4) is 22.6 Å². The standard InChI is InChI=1S/C18H13Br3O/c19-11-10-15-16(21)18(12-4-2-1-3-5-12)22-17(15)13-6-8-14(20)9-7-13/h1-9H,10-11H2. The number of hydrogen-bond acceptors (Lipinski definition) is 1. The van der Waals surface area contributed by atoms with E-state index in [-0.39, 0.29) is 0 Å². The van der Waals surface area contributed by atoms with Crippen molar-refractivity contribution in [2.75, 3.05) is 5.33 Å². The topological polar surface area (TPSA) is 13.1 Å². The Balaban J connectivity index is 2.15. The third-order valence-corrected chi connectivity index (χ3v) is 5.19. The van der Waals surface area contributed by atoms with Crippen LogP contribution in [0.5, 0.6) is 0 Å². The zero-order valence-corrected chi connectivity index (χ0v) is 16.4. The van der Waals surface area contributed by atoms with Crippen LogP contribution in [-0.2, 0) is 6.42 Å². The van der Waals surface area contributed by atoms with E-state index in [9.17, 15) is 0 Å². The second-order valence-corrected chi connectivity index (χ2v) is 7.37. The first-order chi connectivity index (χ1) is 10.7. The highest BCUT2D eigenvalue weighted by molar-refractivity contribution is 9.11. The number of rotatable bonds is 4. The summed E-state index contributed by atoms with van der Waals surface area (Å²) in [6, 6.07) is 18.4. The zero-order valence-electron chi connectivity index (χ0n) is 11.7. The lowest BCUT2D eigenvalue weighted by Gasteiger charge is -2.02. The molecule has 112 valence electrons. The van der Waals surface area contributed by atoms with Crippen LogP contribution < -0.4 is 0 Å². The zero-order chi connectivity index (χ0) is 15.5. The molecule has 0 aliphatic carbocycles. The van der Waals surface area contributed by atoms with Crippen LogP contribution >= 0.6 is 47.8 Å². The van der Waals surface area contributed by atoms with Crippen LogP contribution in [0.1, 0.15) is 5.56 Å². The Kier molecular flexibility index (Phi) is 5.21. The highest BCUT2D eigenvalue weighted by atomic mass is 79.9. The first kappa shape index (κ1) is 16.0. The summed E-state index contributed by atoms with van der Waals surface area (Å²) in [5, 5.41) is 0.892. The van der Waals surface area contributed by atoms with Crippen LogP contribution in [0.4, 0.5) is 0 Å². The molecule has 0 bridgehead atoms. The molecule has 0 saturated heterocycles. The van der Waals surface area contributed by atoms with E-state index in [1.807, 2.05) is 30.3 Å². The van der Waals surface area contributed by atoms with Gasteiger partial charge >= 0.3 is 0 Å². The number of halogens is 3. The van der Waals surface area contributed by atoms with Crippen molar-refractivity contribution in [2.45, 2.75) is 6.42 Å². The maximum atomic E-state index is 6.23. The predicted molar refractivity (Wildman–Crippen MR) is 102 cm³/mol. The number of alkyl halides is 1. The van der Waals surface area contributed by atoms with Crippen molar-refractivity contribution in [3.05, 3.63) is 69.1 Å². The lowest BCUT2D eigenvalue weighted by atomic mass is 10.1. The van der Waals surface area contributed by atoms with E-state index in [2.05, 4.69) is 72.1 Å². The monoisotopic (exact) mass is 482 g/mol. The van der Waals surface area contributed by atoms with Crippen molar-refractivity contribution >= 4 is 47.8 Å². The summed E-state index contributed by atoms with van der Waals surface area (Å²) >= 11 is 10.7. The molecular weight excluding hydrogens is 472 g/mol. The van der Waals surface area contributed by atoms with Gasteiger partial charge in [-0.2, -0.15) is 0 Å². The van der Waals surface area contributed by atoms with Crippen LogP contribution in [0.2, 0.25) is 0 Å². The van der Waals surface area contributed by atoms with Gasteiger partial charge in [0.15, 0.2) is 0 Å². The number of benzene rings is 2. The Hall–Kier alpha value is -0.840. The van der Waals surface area contributed by atoms with Crippen LogP contribution in [0.3, 0.4) is 0 Å². The van der Waals surface area contributed by atoms with Gasteiger partial charge in [0.1, 0.15) is 11.5 Å². The number of hydrogen-bond donors (Lipinski definition) is 0. The van der Waals surface area contributed by atoms with E-state index < -0.39 is 0 Å².